The highest BCUT2D eigenvalue weighted by Gasteiger charge is 2.45. The van der Waals surface area contributed by atoms with E-state index in [0.717, 1.165) is 42.4 Å². The van der Waals surface area contributed by atoms with E-state index < -0.39 is 41.8 Å². The number of aliphatic hydroxyl groups excluding tert-OH is 1. The number of esters is 1. The molecule has 9 nitrogen and oxygen atoms in total. The number of imide groups is 1. The molecule has 0 aromatic heterocycles. The Kier molecular flexibility index (Phi) is 12.4. The summed E-state index contributed by atoms with van der Waals surface area (Å²) < 4.78 is 10.6. The minimum Gasteiger partial charge on any atom is -0.453 e. The molecular formula is C32H37NO8. The Balaban J connectivity index is 1.85. The summed E-state index contributed by atoms with van der Waals surface area (Å²) in [6.45, 7) is 1.23. The molecule has 1 aliphatic rings. The van der Waals surface area contributed by atoms with Crippen LogP contribution in [0.3, 0.4) is 0 Å². The molecule has 0 bridgehead atoms. The van der Waals surface area contributed by atoms with Crippen LogP contribution in [0.2, 0.25) is 0 Å². The molecule has 1 aliphatic heterocycles. The van der Waals surface area contributed by atoms with Crippen molar-refractivity contribution in [3.63, 3.8) is 0 Å². The Bertz CT molecular complexity index is 1210. The minimum atomic E-state index is -1.56. The van der Waals surface area contributed by atoms with Crippen molar-refractivity contribution in [1.82, 2.24) is 4.90 Å². The van der Waals surface area contributed by atoms with Crippen molar-refractivity contribution in [3.8, 4) is 0 Å². The number of hydrogen-bond acceptors (Lipinski definition) is 8. The number of carbonyl (C=O) groups excluding carboxylic acids is 5. The zero-order valence-corrected chi connectivity index (χ0v) is 23.3. The topological polar surface area (TPSA) is 127 Å². The third kappa shape index (κ3) is 9.79. The van der Waals surface area contributed by atoms with Crippen LogP contribution in [0, 0.1) is 5.92 Å². The quantitative estimate of drug-likeness (QED) is 0.184. The second-order valence-corrected chi connectivity index (χ2v) is 10.0. The Morgan fingerprint density at radius 2 is 1.59 bits per heavy atom. The zero-order chi connectivity index (χ0) is 29.6. The number of amides is 2. The van der Waals surface area contributed by atoms with E-state index in [0.29, 0.717) is 24.8 Å². The molecule has 0 unspecified atom stereocenters. The number of nitrogens with zero attached hydrogens (tertiary/aromatic N) is 1. The third-order valence-corrected chi connectivity index (χ3v) is 6.83. The minimum absolute atomic E-state index is 0.00356. The van der Waals surface area contributed by atoms with Gasteiger partial charge in [0, 0.05) is 20.0 Å². The maximum Gasteiger partial charge on any atom is 0.416 e. The average Bonchev–Trinajstić information content (AvgIpc) is 3.33. The van der Waals surface area contributed by atoms with Gasteiger partial charge in [-0.05, 0) is 49.0 Å². The Hall–Kier alpha value is -4.11. The number of hydrogen-bond donors (Lipinski definition) is 1. The number of ether oxygens (including phenoxy) is 2. The van der Waals surface area contributed by atoms with Crippen LogP contribution in [0.25, 0.3) is 0 Å². The third-order valence-electron chi connectivity index (χ3n) is 6.83. The van der Waals surface area contributed by atoms with Crippen LogP contribution in [0.1, 0.15) is 50.2 Å². The lowest BCUT2D eigenvalue weighted by molar-refractivity contribution is -0.158. The van der Waals surface area contributed by atoms with Gasteiger partial charge in [0.15, 0.2) is 17.7 Å². The predicted octanol–water partition coefficient (Wildman–Crippen LogP) is 4.00. The first kappa shape index (κ1) is 31.4. The number of unbranched alkanes of at least 4 members (excludes halogenated alkanes) is 3. The van der Waals surface area contributed by atoms with Gasteiger partial charge in [0.05, 0.1) is 12.0 Å². The Labute approximate surface area is 240 Å². The highest BCUT2D eigenvalue weighted by Crippen LogP contribution is 2.26. The molecule has 0 saturated carbocycles. The first-order valence-corrected chi connectivity index (χ1v) is 13.9. The van der Waals surface area contributed by atoms with Crippen LogP contribution in [-0.4, -0.2) is 64.9 Å². The van der Waals surface area contributed by atoms with Gasteiger partial charge in [-0.2, -0.15) is 0 Å². The van der Waals surface area contributed by atoms with Gasteiger partial charge < -0.3 is 14.6 Å². The van der Waals surface area contributed by atoms with Gasteiger partial charge in [-0.1, -0.05) is 73.5 Å². The number of rotatable bonds is 16. The first-order chi connectivity index (χ1) is 19.8. The van der Waals surface area contributed by atoms with E-state index in [-0.39, 0.29) is 31.8 Å². The molecule has 1 fully saturated rings. The van der Waals surface area contributed by atoms with Gasteiger partial charge >= 0.3 is 12.1 Å². The molecule has 2 aromatic rings. The molecule has 1 saturated heterocycles. The summed E-state index contributed by atoms with van der Waals surface area (Å²) in [5.74, 6) is -3.71. The summed E-state index contributed by atoms with van der Waals surface area (Å²) in [6, 6.07) is 17.6. The molecule has 3 atom stereocenters. The monoisotopic (exact) mass is 563 g/mol. The number of aliphatic hydroxyl groups is 1. The standard InChI is InChI=1S/C32H37NO8/c1-23(35)41-30(29(37)18-17-27(36)16-10-2-3-11-19-34)28(21-25-14-8-5-9-15-25)31(38)33-26(22-40-32(33)39)20-24-12-6-4-7-13-24/h4-9,12-15,17-18,26,28,30,34H,2-3,10-11,16,19-22H2,1H3/t26-,28-,30-/m0/s1. The van der Waals surface area contributed by atoms with Crippen LogP contribution in [0.15, 0.2) is 72.8 Å². The van der Waals surface area contributed by atoms with Gasteiger partial charge in [0.25, 0.3) is 0 Å². The second kappa shape index (κ2) is 16.2. The van der Waals surface area contributed by atoms with Crippen molar-refractivity contribution < 1.29 is 38.6 Å². The van der Waals surface area contributed by atoms with Crippen molar-refractivity contribution in [2.75, 3.05) is 13.2 Å². The molecular weight excluding hydrogens is 526 g/mol. The summed E-state index contributed by atoms with van der Waals surface area (Å²) in [7, 11) is 0. The van der Waals surface area contributed by atoms with Crippen molar-refractivity contribution in [2.45, 2.75) is 64.0 Å². The highest BCUT2D eigenvalue weighted by atomic mass is 16.6. The van der Waals surface area contributed by atoms with Crippen LogP contribution in [0.5, 0.6) is 0 Å². The van der Waals surface area contributed by atoms with Gasteiger partial charge in [-0.3, -0.25) is 19.2 Å². The van der Waals surface area contributed by atoms with E-state index in [4.69, 9.17) is 14.6 Å². The largest absolute Gasteiger partial charge is 0.453 e. The number of benzene rings is 2. The van der Waals surface area contributed by atoms with Crippen molar-refractivity contribution in [1.29, 1.82) is 0 Å². The zero-order valence-electron chi connectivity index (χ0n) is 23.3. The molecule has 2 aromatic carbocycles. The van der Waals surface area contributed by atoms with E-state index in [2.05, 4.69) is 0 Å². The van der Waals surface area contributed by atoms with E-state index >= 15 is 0 Å². The first-order valence-electron chi connectivity index (χ1n) is 13.9. The number of allylic oxidation sites excluding steroid dienone is 1. The summed E-state index contributed by atoms with van der Waals surface area (Å²) >= 11 is 0. The van der Waals surface area contributed by atoms with E-state index in [9.17, 15) is 24.0 Å². The predicted molar refractivity (Wildman–Crippen MR) is 151 cm³/mol. The maximum absolute atomic E-state index is 14.0. The fraction of sp³-hybridized carbons (Fsp3) is 0.406. The summed E-state index contributed by atoms with van der Waals surface area (Å²) in [4.78, 5) is 65.7. The Morgan fingerprint density at radius 1 is 0.951 bits per heavy atom. The molecule has 41 heavy (non-hydrogen) atoms. The van der Waals surface area contributed by atoms with Crippen LogP contribution in [-0.2, 0) is 41.5 Å². The van der Waals surface area contributed by atoms with Gasteiger partial charge in [0.2, 0.25) is 5.91 Å². The Morgan fingerprint density at radius 3 is 2.22 bits per heavy atom. The summed E-state index contributed by atoms with van der Waals surface area (Å²) in [5, 5.41) is 8.87. The fourth-order valence-electron chi connectivity index (χ4n) is 4.77. The van der Waals surface area contributed by atoms with Crippen LogP contribution < -0.4 is 0 Å². The van der Waals surface area contributed by atoms with Crippen molar-refractivity contribution >= 4 is 29.5 Å². The number of cyclic esters (lactones) is 1. The van der Waals surface area contributed by atoms with Gasteiger partial charge in [0.1, 0.15) is 6.61 Å². The lowest BCUT2D eigenvalue weighted by Crippen LogP contribution is -2.49. The molecule has 0 spiro atoms. The normalized spacial score (nSPS) is 16.3. The summed E-state index contributed by atoms with van der Waals surface area (Å²) in [5.41, 5.74) is 1.60. The molecule has 9 heteroatoms. The number of ketones is 2. The highest BCUT2D eigenvalue weighted by molar-refractivity contribution is 6.04. The molecule has 2 amide bonds. The van der Waals surface area contributed by atoms with E-state index in [1.807, 2.05) is 30.3 Å². The van der Waals surface area contributed by atoms with Crippen LogP contribution >= 0.6 is 0 Å². The average molecular weight is 564 g/mol. The van der Waals surface area contributed by atoms with Gasteiger partial charge in [-0.15, -0.1) is 0 Å². The van der Waals surface area contributed by atoms with Crippen molar-refractivity contribution in [2.24, 2.45) is 5.92 Å². The van der Waals surface area contributed by atoms with E-state index in [1.54, 1.807) is 30.3 Å². The summed E-state index contributed by atoms with van der Waals surface area (Å²) in [6.07, 6.45) is 3.24. The molecule has 0 radical (unpaired) electrons. The molecule has 218 valence electrons. The number of carbonyl (C=O) groups is 5. The lowest BCUT2D eigenvalue weighted by atomic mass is 9.89. The molecule has 1 N–H and O–H groups in total. The van der Waals surface area contributed by atoms with Crippen molar-refractivity contribution in [3.05, 3.63) is 83.9 Å². The molecule has 1 heterocycles. The second-order valence-electron chi connectivity index (χ2n) is 10.0. The molecule has 3 rings (SSSR count). The van der Waals surface area contributed by atoms with E-state index in [1.165, 1.54) is 0 Å². The van der Waals surface area contributed by atoms with Gasteiger partial charge in [-0.25, -0.2) is 9.69 Å². The molecule has 0 aliphatic carbocycles. The SMILES string of the molecule is CC(=O)O[C@H](C(=O)C=CC(=O)CCCCCCO)[C@H](Cc1ccccc1)C(=O)N1C(=O)OC[C@@H]1Cc1ccccc1. The van der Waals surface area contributed by atoms with Crippen LogP contribution in [0.4, 0.5) is 4.79 Å². The lowest BCUT2D eigenvalue weighted by Gasteiger charge is -2.29. The fourth-order valence-corrected chi connectivity index (χ4v) is 4.77. The smallest absolute Gasteiger partial charge is 0.416 e. The maximum atomic E-state index is 14.0.